The normalized spacial score (nSPS) is 9.28. The Morgan fingerprint density at radius 2 is 1.61 bits per heavy atom. The SMILES string of the molecule is CCNC(=NCCc1ccc(C)cc1)NCC.I. The molecule has 2 N–H and O–H groups in total. The number of halogens is 1. The van der Waals surface area contributed by atoms with Gasteiger partial charge in [0.25, 0.3) is 0 Å². The molecule has 0 aliphatic heterocycles. The lowest BCUT2D eigenvalue weighted by molar-refractivity contribution is 0.833. The Balaban J connectivity index is 0.00000289. The molecular weight excluding hydrogens is 337 g/mol. The van der Waals surface area contributed by atoms with E-state index in [0.29, 0.717) is 0 Å². The molecule has 0 radical (unpaired) electrons. The first-order valence-corrected chi connectivity index (χ1v) is 6.34. The number of rotatable bonds is 5. The summed E-state index contributed by atoms with van der Waals surface area (Å²) in [5.74, 6) is 0.905. The monoisotopic (exact) mass is 361 g/mol. The summed E-state index contributed by atoms with van der Waals surface area (Å²) in [5.41, 5.74) is 2.64. The molecule has 0 saturated carbocycles. The number of guanidine groups is 1. The van der Waals surface area contributed by atoms with Gasteiger partial charge in [-0.3, -0.25) is 4.99 Å². The highest BCUT2D eigenvalue weighted by Gasteiger charge is 1.95. The minimum absolute atomic E-state index is 0. The molecule has 0 unspecified atom stereocenters. The largest absolute Gasteiger partial charge is 0.357 e. The number of benzene rings is 1. The quantitative estimate of drug-likeness (QED) is 0.481. The lowest BCUT2D eigenvalue weighted by Gasteiger charge is -2.08. The number of hydrogen-bond acceptors (Lipinski definition) is 1. The van der Waals surface area contributed by atoms with Gasteiger partial charge >= 0.3 is 0 Å². The van der Waals surface area contributed by atoms with E-state index in [1.54, 1.807) is 0 Å². The maximum absolute atomic E-state index is 4.52. The fourth-order valence-electron chi connectivity index (χ4n) is 1.56. The molecule has 1 rings (SSSR count). The Kier molecular flexibility index (Phi) is 9.73. The Morgan fingerprint density at radius 1 is 1.06 bits per heavy atom. The first-order chi connectivity index (χ1) is 8.26. The Bertz CT molecular complexity index is 339. The van der Waals surface area contributed by atoms with Crippen molar-refractivity contribution in [1.82, 2.24) is 10.6 Å². The highest BCUT2D eigenvalue weighted by atomic mass is 127. The molecule has 0 spiro atoms. The molecule has 1 aromatic carbocycles. The second-order valence-electron chi connectivity index (χ2n) is 4.03. The molecule has 0 aliphatic rings. The topological polar surface area (TPSA) is 36.4 Å². The van der Waals surface area contributed by atoms with E-state index in [9.17, 15) is 0 Å². The van der Waals surface area contributed by atoms with E-state index in [2.05, 4.69) is 60.7 Å². The molecule has 0 amide bonds. The summed E-state index contributed by atoms with van der Waals surface area (Å²) >= 11 is 0. The number of hydrogen-bond donors (Lipinski definition) is 2. The van der Waals surface area contributed by atoms with Crippen LogP contribution in [0, 0.1) is 6.92 Å². The van der Waals surface area contributed by atoms with Gasteiger partial charge in [-0.2, -0.15) is 0 Å². The molecule has 1 aromatic rings. The molecule has 0 aliphatic carbocycles. The summed E-state index contributed by atoms with van der Waals surface area (Å²) in [6, 6.07) is 8.64. The van der Waals surface area contributed by atoms with Crippen LogP contribution in [0.2, 0.25) is 0 Å². The van der Waals surface area contributed by atoms with Crippen molar-refractivity contribution in [1.29, 1.82) is 0 Å². The second kappa shape index (κ2) is 10.2. The van der Waals surface area contributed by atoms with Crippen LogP contribution in [0.3, 0.4) is 0 Å². The first kappa shape index (κ1) is 17.2. The number of nitrogens with one attached hydrogen (secondary N) is 2. The summed E-state index contributed by atoms with van der Waals surface area (Å²) < 4.78 is 0. The van der Waals surface area contributed by atoms with Crippen LogP contribution in [0.15, 0.2) is 29.3 Å². The summed E-state index contributed by atoms with van der Waals surface area (Å²) in [6.45, 7) is 8.88. The van der Waals surface area contributed by atoms with Crippen molar-refractivity contribution in [2.75, 3.05) is 19.6 Å². The lowest BCUT2D eigenvalue weighted by atomic mass is 10.1. The fraction of sp³-hybridized carbons (Fsp3) is 0.500. The van der Waals surface area contributed by atoms with Crippen LogP contribution >= 0.6 is 24.0 Å². The molecule has 0 bridgehead atoms. The van der Waals surface area contributed by atoms with Crippen molar-refractivity contribution in [2.45, 2.75) is 27.2 Å². The van der Waals surface area contributed by atoms with Crippen molar-refractivity contribution in [3.63, 3.8) is 0 Å². The van der Waals surface area contributed by atoms with Gasteiger partial charge < -0.3 is 10.6 Å². The standard InChI is InChI=1S/C14H23N3.HI/c1-4-15-14(16-5-2)17-11-10-13-8-6-12(3)7-9-13;/h6-9H,4-5,10-11H2,1-3H3,(H2,15,16,17);1H. The van der Waals surface area contributed by atoms with Gasteiger partial charge in [0.05, 0.1) is 0 Å². The molecule has 102 valence electrons. The molecule has 4 heteroatoms. The van der Waals surface area contributed by atoms with E-state index >= 15 is 0 Å². The predicted molar refractivity (Wildman–Crippen MR) is 90.0 cm³/mol. The van der Waals surface area contributed by atoms with E-state index < -0.39 is 0 Å². The zero-order valence-electron chi connectivity index (χ0n) is 11.5. The third-order valence-corrected chi connectivity index (χ3v) is 2.48. The molecule has 3 nitrogen and oxygen atoms in total. The van der Waals surface area contributed by atoms with E-state index in [-0.39, 0.29) is 24.0 Å². The van der Waals surface area contributed by atoms with Crippen molar-refractivity contribution in [2.24, 2.45) is 4.99 Å². The third kappa shape index (κ3) is 6.83. The molecule has 18 heavy (non-hydrogen) atoms. The zero-order chi connectivity index (χ0) is 12.5. The average Bonchev–Trinajstić information content (AvgIpc) is 2.32. The molecule has 0 saturated heterocycles. The number of aliphatic imine (C=N–C) groups is 1. The minimum Gasteiger partial charge on any atom is -0.357 e. The molecule has 0 heterocycles. The van der Waals surface area contributed by atoms with Crippen molar-refractivity contribution >= 4 is 29.9 Å². The van der Waals surface area contributed by atoms with Gasteiger partial charge in [-0.1, -0.05) is 29.8 Å². The van der Waals surface area contributed by atoms with Crippen molar-refractivity contribution in [3.05, 3.63) is 35.4 Å². The summed E-state index contributed by atoms with van der Waals surface area (Å²) in [7, 11) is 0. The summed E-state index contributed by atoms with van der Waals surface area (Å²) in [5, 5.41) is 6.44. The van der Waals surface area contributed by atoms with Crippen molar-refractivity contribution < 1.29 is 0 Å². The van der Waals surface area contributed by atoms with E-state index in [1.807, 2.05) is 0 Å². The van der Waals surface area contributed by atoms with Crippen LogP contribution in [0.25, 0.3) is 0 Å². The van der Waals surface area contributed by atoms with Gasteiger partial charge in [-0.15, -0.1) is 24.0 Å². The highest BCUT2D eigenvalue weighted by molar-refractivity contribution is 14.0. The summed E-state index contributed by atoms with van der Waals surface area (Å²) in [4.78, 5) is 4.52. The Morgan fingerprint density at radius 3 is 2.11 bits per heavy atom. The zero-order valence-corrected chi connectivity index (χ0v) is 13.8. The highest BCUT2D eigenvalue weighted by Crippen LogP contribution is 2.03. The summed E-state index contributed by atoms with van der Waals surface area (Å²) in [6.07, 6.45) is 0.987. The van der Waals surface area contributed by atoms with Gasteiger partial charge in [0.1, 0.15) is 0 Å². The number of nitrogens with zero attached hydrogens (tertiary/aromatic N) is 1. The maximum atomic E-state index is 4.52. The Hall–Kier alpha value is -0.780. The van der Waals surface area contributed by atoms with Crippen LogP contribution in [0.5, 0.6) is 0 Å². The molecular formula is C14H24IN3. The van der Waals surface area contributed by atoms with Crippen LogP contribution < -0.4 is 10.6 Å². The van der Waals surface area contributed by atoms with Gasteiger partial charge in [0.15, 0.2) is 5.96 Å². The number of aryl methyl sites for hydroxylation is 1. The van der Waals surface area contributed by atoms with Crippen LogP contribution in [0.1, 0.15) is 25.0 Å². The first-order valence-electron chi connectivity index (χ1n) is 6.34. The van der Waals surface area contributed by atoms with Crippen molar-refractivity contribution in [3.8, 4) is 0 Å². The minimum atomic E-state index is 0. The molecule has 0 aromatic heterocycles. The van der Waals surface area contributed by atoms with Gasteiger partial charge in [0, 0.05) is 19.6 Å². The van der Waals surface area contributed by atoms with Gasteiger partial charge in [-0.05, 0) is 32.8 Å². The van der Waals surface area contributed by atoms with Crippen LogP contribution in [0.4, 0.5) is 0 Å². The smallest absolute Gasteiger partial charge is 0.191 e. The third-order valence-electron chi connectivity index (χ3n) is 2.48. The fourth-order valence-corrected chi connectivity index (χ4v) is 1.56. The molecule has 0 fully saturated rings. The molecule has 0 atom stereocenters. The van der Waals surface area contributed by atoms with Crippen LogP contribution in [-0.2, 0) is 6.42 Å². The van der Waals surface area contributed by atoms with E-state index in [1.165, 1.54) is 11.1 Å². The maximum Gasteiger partial charge on any atom is 0.191 e. The predicted octanol–water partition coefficient (Wildman–Crippen LogP) is 2.73. The van der Waals surface area contributed by atoms with Gasteiger partial charge in [-0.25, -0.2) is 0 Å². The second-order valence-corrected chi connectivity index (χ2v) is 4.03. The average molecular weight is 361 g/mol. The Labute approximate surface area is 127 Å². The lowest BCUT2D eigenvalue weighted by Crippen LogP contribution is -2.37. The van der Waals surface area contributed by atoms with E-state index in [4.69, 9.17) is 0 Å². The van der Waals surface area contributed by atoms with Gasteiger partial charge in [0.2, 0.25) is 0 Å². The van der Waals surface area contributed by atoms with E-state index in [0.717, 1.165) is 32.0 Å². The van der Waals surface area contributed by atoms with Crippen LogP contribution in [-0.4, -0.2) is 25.6 Å².